The number of nitrogens with two attached hydrogens (primary N) is 1. The molecule has 0 radical (unpaired) electrons. The summed E-state index contributed by atoms with van der Waals surface area (Å²) in [6.45, 7) is 2.47. The molecule has 10 heteroatoms. The van der Waals surface area contributed by atoms with Crippen molar-refractivity contribution in [2.45, 2.75) is 18.6 Å². The molecule has 28 heavy (non-hydrogen) atoms. The van der Waals surface area contributed by atoms with Crippen LogP contribution in [0.2, 0.25) is 0 Å². The van der Waals surface area contributed by atoms with Crippen molar-refractivity contribution in [1.82, 2.24) is 4.98 Å². The average Bonchev–Trinajstić information content (AvgIpc) is 2.61. The Kier molecular flexibility index (Phi) is 6.30. The summed E-state index contributed by atoms with van der Waals surface area (Å²) in [7, 11) is 0. The fraction of sp³-hybridized carbons (Fsp3) is 0.278. The van der Waals surface area contributed by atoms with Crippen LogP contribution in [0.4, 0.5) is 18.9 Å². The number of aliphatic imine (C=N–C) groups is 1. The first-order valence-corrected chi connectivity index (χ1v) is 8.04. The van der Waals surface area contributed by atoms with Gasteiger partial charge in [-0.05, 0) is 36.8 Å². The lowest BCUT2D eigenvalue weighted by atomic mass is 9.92. The molecule has 0 fully saturated rings. The molecule has 1 aliphatic heterocycles. The van der Waals surface area contributed by atoms with Crippen LogP contribution in [0.25, 0.3) is 0 Å². The van der Waals surface area contributed by atoms with E-state index in [1.807, 2.05) is 13.0 Å². The third-order valence-electron chi connectivity index (χ3n) is 4.09. The summed E-state index contributed by atoms with van der Waals surface area (Å²) in [6.07, 6.45) is -3.88. The zero-order chi connectivity index (χ0) is 19.7. The van der Waals surface area contributed by atoms with Gasteiger partial charge in [0.05, 0.1) is 12.2 Å². The molecule has 0 bridgehead atoms. The monoisotopic (exact) mass is 414 g/mol. The summed E-state index contributed by atoms with van der Waals surface area (Å²) in [5.74, 6) is -0.235. The second kappa shape index (κ2) is 8.15. The fourth-order valence-corrected chi connectivity index (χ4v) is 2.71. The molecule has 2 aromatic rings. The molecule has 2 heterocycles. The normalized spacial score (nSPS) is 19.4. The van der Waals surface area contributed by atoms with Crippen molar-refractivity contribution in [1.29, 1.82) is 0 Å². The van der Waals surface area contributed by atoms with Gasteiger partial charge in [-0.15, -0.1) is 12.4 Å². The molecule has 3 rings (SSSR count). The van der Waals surface area contributed by atoms with Gasteiger partial charge in [-0.25, -0.2) is 0 Å². The van der Waals surface area contributed by atoms with E-state index in [9.17, 15) is 18.0 Å². The maximum Gasteiger partial charge on any atom is 0.417 e. The molecule has 1 aromatic carbocycles. The second-order valence-electron chi connectivity index (χ2n) is 6.33. The number of carbonyl (C=O) groups excluding carboxylic acids is 1. The molecule has 150 valence electrons. The number of pyridine rings is 1. The number of aromatic nitrogens is 1. The van der Waals surface area contributed by atoms with Crippen LogP contribution < -0.4 is 11.1 Å². The molecule has 1 aromatic heterocycles. The Morgan fingerprint density at radius 1 is 1.29 bits per heavy atom. The number of hydrogen-bond donors (Lipinski definition) is 2. The van der Waals surface area contributed by atoms with Crippen LogP contribution in [0.5, 0.6) is 0 Å². The van der Waals surface area contributed by atoms with Gasteiger partial charge in [-0.1, -0.05) is 12.1 Å². The van der Waals surface area contributed by atoms with Crippen LogP contribution in [0.15, 0.2) is 47.6 Å². The Morgan fingerprint density at radius 3 is 2.64 bits per heavy atom. The summed E-state index contributed by atoms with van der Waals surface area (Å²) in [5.41, 5.74) is 5.27. The van der Waals surface area contributed by atoms with Crippen LogP contribution >= 0.6 is 12.4 Å². The molecule has 1 atom stereocenters. The molecular weight excluding hydrogens is 397 g/mol. The third-order valence-corrected chi connectivity index (χ3v) is 4.09. The summed E-state index contributed by atoms with van der Waals surface area (Å²) in [6, 6.07) is 8.78. The Hall–Kier alpha value is -2.65. The number of amidine groups is 1. The summed E-state index contributed by atoms with van der Waals surface area (Å²) < 4.78 is 43.2. The van der Waals surface area contributed by atoms with Crippen LogP contribution in [0.3, 0.4) is 0 Å². The second-order valence-corrected chi connectivity index (χ2v) is 6.33. The largest absolute Gasteiger partial charge is 0.417 e. The summed E-state index contributed by atoms with van der Waals surface area (Å²) >= 11 is 0. The zero-order valence-corrected chi connectivity index (χ0v) is 15.6. The van der Waals surface area contributed by atoms with E-state index in [0.717, 1.165) is 17.7 Å². The Balaban J connectivity index is 0.00000280. The minimum absolute atomic E-state index is 0. The minimum Gasteiger partial charge on any atom is -0.386 e. The molecule has 0 spiro atoms. The highest BCUT2D eigenvalue weighted by Gasteiger charge is 2.31. The number of carbonyl (C=O) groups is 1. The van der Waals surface area contributed by atoms with E-state index in [1.165, 1.54) is 0 Å². The van der Waals surface area contributed by atoms with Crippen LogP contribution in [0.1, 0.15) is 28.5 Å². The number of nitrogens with zero attached hydrogens (tertiary/aromatic N) is 2. The van der Waals surface area contributed by atoms with E-state index < -0.39 is 23.2 Å². The van der Waals surface area contributed by atoms with Crippen molar-refractivity contribution in [3.63, 3.8) is 0 Å². The van der Waals surface area contributed by atoms with Crippen molar-refractivity contribution < 1.29 is 22.7 Å². The first-order chi connectivity index (χ1) is 12.7. The minimum atomic E-state index is -4.50. The Labute approximate surface area is 165 Å². The van der Waals surface area contributed by atoms with E-state index in [-0.39, 0.29) is 24.7 Å². The lowest BCUT2D eigenvalue weighted by molar-refractivity contribution is -0.137. The van der Waals surface area contributed by atoms with Crippen LogP contribution in [0, 0.1) is 0 Å². The topological polar surface area (TPSA) is 89.6 Å². The van der Waals surface area contributed by atoms with Gasteiger partial charge in [-0.3, -0.25) is 14.8 Å². The number of anilines is 1. The van der Waals surface area contributed by atoms with E-state index in [2.05, 4.69) is 15.3 Å². The maximum atomic E-state index is 12.6. The van der Waals surface area contributed by atoms with E-state index in [0.29, 0.717) is 24.3 Å². The average molecular weight is 415 g/mol. The smallest absolute Gasteiger partial charge is 0.386 e. The molecule has 1 unspecified atom stereocenters. The number of hydrogen-bond acceptors (Lipinski definition) is 5. The molecule has 0 saturated carbocycles. The maximum absolute atomic E-state index is 12.6. The van der Waals surface area contributed by atoms with Gasteiger partial charge in [0.1, 0.15) is 23.7 Å². The highest BCUT2D eigenvalue weighted by Crippen LogP contribution is 2.30. The summed E-state index contributed by atoms with van der Waals surface area (Å²) in [4.78, 5) is 20.3. The molecular formula is C18H18ClF3N4O2. The number of benzene rings is 1. The number of ether oxygens (including phenoxy) is 1. The number of alkyl halides is 3. The van der Waals surface area contributed by atoms with Crippen molar-refractivity contribution in [2.24, 2.45) is 10.7 Å². The van der Waals surface area contributed by atoms with Gasteiger partial charge < -0.3 is 15.8 Å². The highest BCUT2D eigenvalue weighted by atomic mass is 35.5. The van der Waals surface area contributed by atoms with Crippen molar-refractivity contribution in [3.05, 3.63) is 59.4 Å². The number of halogens is 4. The fourth-order valence-electron chi connectivity index (χ4n) is 2.71. The lowest BCUT2D eigenvalue weighted by Crippen LogP contribution is -2.37. The molecule has 0 aliphatic carbocycles. The zero-order valence-electron chi connectivity index (χ0n) is 14.8. The number of amides is 1. The van der Waals surface area contributed by atoms with Crippen molar-refractivity contribution in [3.8, 4) is 0 Å². The van der Waals surface area contributed by atoms with E-state index in [4.69, 9.17) is 10.5 Å². The predicted molar refractivity (Wildman–Crippen MR) is 101 cm³/mol. The SMILES string of the molecule is CC1(c2cccc(NC(=O)c3ccc(C(F)(F)F)cn3)c2)COCC(N)=N1.Cl. The quantitative estimate of drug-likeness (QED) is 0.805. The molecule has 0 saturated heterocycles. The highest BCUT2D eigenvalue weighted by molar-refractivity contribution is 6.02. The van der Waals surface area contributed by atoms with Gasteiger partial charge in [0.2, 0.25) is 0 Å². The first kappa shape index (κ1) is 21.6. The van der Waals surface area contributed by atoms with Crippen LogP contribution in [-0.2, 0) is 16.5 Å². The first-order valence-electron chi connectivity index (χ1n) is 8.04. The lowest BCUT2D eigenvalue weighted by Gasteiger charge is -2.30. The van der Waals surface area contributed by atoms with Gasteiger partial charge in [0.25, 0.3) is 5.91 Å². The van der Waals surface area contributed by atoms with Crippen LogP contribution in [-0.4, -0.2) is 29.9 Å². The number of nitrogens with one attached hydrogen (secondary N) is 1. The third kappa shape index (κ3) is 4.79. The van der Waals surface area contributed by atoms with Crippen molar-refractivity contribution >= 4 is 29.8 Å². The van der Waals surface area contributed by atoms with Gasteiger partial charge in [0.15, 0.2) is 0 Å². The summed E-state index contributed by atoms with van der Waals surface area (Å²) in [5, 5.41) is 2.62. The van der Waals surface area contributed by atoms with Gasteiger partial charge in [0, 0.05) is 11.9 Å². The predicted octanol–water partition coefficient (Wildman–Crippen LogP) is 3.38. The van der Waals surface area contributed by atoms with Gasteiger partial charge >= 0.3 is 6.18 Å². The molecule has 1 aliphatic rings. The van der Waals surface area contributed by atoms with E-state index in [1.54, 1.807) is 18.2 Å². The standard InChI is InChI=1S/C18H17F3N4O2.ClH/c1-17(10-27-9-15(22)25-17)11-3-2-4-13(7-11)24-16(26)14-6-5-12(8-23-14)18(19,20)21;/h2-8H,9-10H2,1H3,(H2,22,25)(H,24,26);1H. The molecule has 1 amide bonds. The molecule has 3 N–H and O–H groups in total. The van der Waals surface area contributed by atoms with Crippen molar-refractivity contribution in [2.75, 3.05) is 18.5 Å². The van der Waals surface area contributed by atoms with Gasteiger partial charge in [-0.2, -0.15) is 13.2 Å². The Morgan fingerprint density at radius 2 is 2.04 bits per heavy atom. The van der Waals surface area contributed by atoms with E-state index >= 15 is 0 Å². The Bertz CT molecular complexity index is 887. The molecule has 6 nitrogen and oxygen atoms in total. The number of rotatable bonds is 3.